The van der Waals surface area contributed by atoms with Crippen molar-refractivity contribution < 1.29 is 19.4 Å². The van der Waals surface area contributed by atoms with Crippen LogP contribution in [0.2, 0.25) is 0 Å². The lowest BCUT2D eigenvalue weighted by atomic mass is 9.46. The third-order valence-electron chi connectivity index (χ3n) is 7.31. The molecule has 1 fully saturated rings. The average Bonchev–Trinajstić information content (AvgIpc) is 2.55. The van der Waals surface area contributed by atoms with Gasteiger partial charge in [-0.25, -0.2) is 4.79 Å². The maximum absolute atomic E-state index is 12.4. The van der Waals surface area contributed by atoms with Crippen LogP contribution >= 0.6 is 0 Å². The molecule has 1 saturated carbocycles. The van der Waals surface area contributed by atoms with Crippen LogP contribution < -0.4 is 0 Å². The molecule has 0 aliphatic heterocycles. The van der Waals surface area contributed by atoms with E-state index in [0.29, 0.717) is 11.8 Å². The normalized spacial score (nSPS) is 36.1. The summed E-state index contributed by atoms with van der Waals surface area (Å²) in [6, 6.07) is 0. The number of aliphatic carboxylic acids is 1. The lowest BCUT2D eigenvalue weighted by Gasteiger charge is -2.58. The first-order valence-corrected chi connectivity index (χ1v) is 9.66. The minimum absolute atomic E-state index is 0.122. The van der Waals surface area contributed by atoms with Crippen molar-refractivity contribution in [1.29, 1.82) is 0 Å². The van der Waals surface area contributed by atoms with E-state index in [-0.39, 0.29) is 29.1 Å². The predicted molar refractivity (Wildman–Crippen MR) is 98.1 cm³/mol. The molecule has 0 saturated heterocycles. The molecule has 0 spiro atoms. The Morgan fingerprint density at radius 2 is 2.04 bits per heavy atom. The van der Waals surface area contributed by atoms with Crippen LogP contribution in [0, 0.1) is 28.6 Å². The Morgan fingerprint density at radius 3 is 2.64 bits per heavy atom. The van der Waals surface area contributed by atoms with E-state index in [1.807, 2.05) is 6.92 Å². The predicted octanol–water partition coefficient (Wildman–Crippen LogP) is 4.83. The summed E-state index contributed by atoms with van der Waals surface area (Å²) < 4.78 is 5.07. The fourth-order valence-corrected chi connectivity index (χ4v) is 5.49. The maximum Gasteiger partial charge on any atom is 0.333 e. The molecule has 0 amide bonds. The number of hydrogen-bond donors (Lipinski definition) is 1. The van der Waals surface area contributed by atoms with Crippen LogP contribution in [0.25, 0.3) is 0 Å². The monoisotopic (exact) mass is 350 g/mol. The smallest absolute Gasteiger partial charge is 0.333 e. The van der Waals surface area contributed by atoms with Gasteiger partial charge >= 0.3 is 11.9 Å². The highest BCUT2D eigenvalue weighted by molar-refractivity contribution is 5.90. The van der Waals surface area contributed by atoms with E-state index < -0.39 is 5.97 Å². The zero-order valence-corrected chi connectivity index (χ0v) is 16.4. The van der Waals surface area contributed by atoms with Crippen LogP contribution in [-0.2, 0) is 14.3 Å². The van der Waals surface area contributed by atoms with Crippen LogP contribution in [-0.4, -0.2) is 24.2 Å². The molecule has 0 aromatic rings. The molecule has 2 aliphatic carbocycles. The Balaban J connectivity index is 2.24. The Hall–Kier alpha value is -1.32. The third kappa shape index (κ3) is 3.78. The van der Waals surface area contributed by atoms with Gasteiger partial charge in [0, 0.05) is 17.4 Å². The number of carboxylic acid groups (broad SMARTS) is 1. The van der Waals surface area contributed by atoms with Crippen LogP contribution in [0.3, 0.4) is 0 Å². The van der Waals surface area contributed by atoms with Crippen LogP contribution in [0.15, 0.2) is 11.6 Å². The van der Waals surface area contributed by atoms with Crippen molar-refractivity contribution in [3.63, 3.8) is 0 Å². The highest BCUT2D eigenvalue weighted by atomic mass is 16.5. The number of ether oxygens (including phenoxy) is 1. The number of hydrogen-bond acceptors (Lipinski definition) is 3. The van der Waals surface area contributed by atoms with Gasteiger partial charge in [0.2, 0.25) is 0 Å². The molecule has 0 radical (unpaired) electrons. The van der Waals surface area contributed by atoms with Gasteiger partial charge in [0.15, 0.2) is 0 Å². The summed E-state index contributed by atoms with van der Waals surface area (Å²) in [5.41, 5.74) is 0.874. The summed E-state index contributed by atoms with van der Waals surface area (Å²) in [5.74, 6) is 0.324. The minimum atomic E-state index is -0.715. The summed E-state index contributed by atoms with van der Waals surface area (Å²) in [7, 11) is 1.47. The van der Waals surface area contributed by atoms with E-state index in [1.54, 1.807) is 0 Å². The summed E-state index contributed by atoms with van der Waals surface area (Å²) in [5, 5.41) is 9.03. The van der Waals surface area contributed by atoms with Crippen LogP contribution in [0.4, 0.5) is 0 Å². The summed E-state index contributed by atoms with van der Waals surface area (Å²) in [6.45, 7) is 8.97. The molecular formula is C21H34O4. The van der Waals surface area contributed by atoms with Crippen molar-refractivity contribution in [1.82, 2.24) is 0 Å². The Labute approximate surface area is 152 Å². The first-order valence-electron chi connectivity index (χ1n) is 9.66. The molecule has 1 N–H and O–H groups in total. The molecule has 142 valence electrons. The van der Waals surface area contributed by atoms with Gasteiger partial charge in [0.25, 0.3) is 0 Å². The number of carbonyl (C=O) groups excluding carboxylic acids is 1. The van der Waals surface area contributed by atoms with Crippen molar-refractivity contribution in [3.8, 4) is 0 Å². The maximum atomic E-state index is 12.4. The van der Waals surface area contributed by atoms with Gasteiger partial charge in [-0.05, 0) is 61.7 Å². The molecular weight excluding hydrogens is 316 g/mol. The van der Waals surface area contributed by atoms with Crippen LogP contribution in [0.5, 0.6) is 0 Å². The lowest BCUT2D eigenvalue weighted by Crippen LogP contribution is -2.51. The SMILES string of the molecule is COC(=O)C1=CCC[C@@H]2[C@@](C)(CC[C@H](C)CC(=O)O)[C@H](C)CC[C@]12C. The Bertz CT molecular complexity index is 552. The number of allylic oxidation sites excluding steroid dienone is 1. The van der Waals surface area contributed by atoms with Crippen molar-refractivity contribution in [2.75, 3.05) is 7.11 Å². The number of fused-ring (bicyclic) bond motifs is 1. The topological polar surface area (TPSA) is 63.6 Å². The molecule has 0 unspecified atom stereocenters. The van der Waals surface area contributed by atoms with Gasteiger partial charge in [0.1, 0.15) is 0 Å². The quantitative estimate of drug-likeness (QED) is 0.697. The molecule has 0 aromatic heterocycles. The van der Waals surface area contributed by atoms with Crippen LogP contribution in [0.1, 0.15) is 72.6 Å². The number of esters is 1. The van der Waals surface area contributed by atoms with E-state index in [0.717, 1.165) is 44.1 Å². The standard InChI is InChI=1S/C21H34O4/c1-14(13-18(22)23)9-11-20(3)15(2)10-12-21(4)16(19(24)25-5)7-6-8-17(20)21/h7,14-15,17H,6,8-13H2,1-5H3,(H,22,23)/t14-,15+,17+,20-,21+/m0/s1. The fraction of sp³-hybridized carbons (Fsp3) is 0.810. The Morgan fingerprint density at radius 1 is 1.36 bits per heavy atom. The molecule has 2 aliphatic rings. The molecule has 2 rings (SSSR count). The first kappa shape index (κ1) is 20.0. The second-order valence-electron chi connectivity index (χ2n) is 8.84. The number of carboxylic acids is 1. The zero-order chi connectivity index (χ0) is 18.8. The summed E-state index contributed by atoms with van der Waals surface area (Å²) >= 11 is 0. The molecule has 5 atom stereocenters. The first-order chi connectivity index (χ1) is 11.6. The number of rotatable bonds is 6. The van der Waals surface area contributed by atoms with Crippen molar-refractivity contribution in [2.45, 2.75) is 72.6 Å². The van der Waals surface area contributed by atoms with Crippen molar-refractivity contribution in [3.05, 3.63) is 11.6 Å². The van der Waals surface area contributed by atoms with E-state index >= 15 is 0 Å². The number of methoxy groups -OCH3 is 1. The van der Waals surface area contributed by atoms with E-state index in [4.69, 9.17) is 9.84 Å². The van der Waals surface area contributed by atoms with Gasteiger partial charge in [-0.15, -0.1) is 0 Å². The van der Waals surface area contributed by atoms with E-state index in [9.17, 15) is 9.59 Å². The summed E-state index contributed by atoms with van der Waals surface area (Å²) in [4.78, 5) is 23.3. The zero-order valence-electron chi connectivity index (χ0n) is 16.4. The Kier molecular flexibility index (Phi) is 6.01. The molecule has 0 aromatic carbocycles. The largest absolute Gasteiger partial charge is 0.481 e. The molecule has 4 heteroatoms. The van der Waals surface area contributed by atoms with Gasteiger partial charge in [-0.1, -0.05) is 33.8 Å². The second kappa shape index (κ2) is 7.51. The lowest BCUT2D eigenvalue weighted by molar-refractivity contribution is -0.141. The molecule has 25 heavy (non-hydrogen) atoms. The highest BCUT2D eigenvalue weighted by Gasteiger charge is 2.55. The summed E-state index contributed by atoms with van der Waals surface area (Å²) in [6.07, 6.45) is 8.44. The fourth-order valence-electron chi connectivity index (χ4n) is 5.49. The molecule has 0 heterocycles. The van der Waals surface area contributed by atoms with E-state index in [1.165, 1.54) is 7.11 Å². The van der Waals surface area contributed by atoms with Crippen molar-refractivity contribution >= 4 is 11.9 Å². The van der Waals surface area contributed by atoms with Gasteiger partial charge in [-0.3, -0.25) is 4.79 Å². The second-order valence-corrected chi connectivity index (χ2v) is 8.84. The molecule has 0 bridgehead atoms. The highest BCUT2D eigenvalue weighted by Crippen LogP contribution is 2.62. The van der Waals surface area contributed by atoms with Gasteiger partial charge < -0.3 is 9.84 Å². The van der Waals surface area contributed by atoms with Gasteiger partial charge in [-0.2, -0.15) is 0 Å². The number of carbonyl (C=O) groups is 2. The van der Waals surface area contributed by atoms with Crippen molar-refractivity contribution in [2.24, 2.45) is 28.6 Å². The van der Waals surface area contributed by atoms with E-state index in [2.05, 4.69) is 26.8 Å². The average molecular weight is 350 g/mol. The third-order valence-corrected chi connectivity index (χ3v) is 7.31. The molecule has 4 nitrogen and oxygen atoms in total. The minimum Gasteiger partial charge on any atom is -0.481 e. The van der Waals surface area contributed by atoms with Gasteiger partial charge in [0.05, 0.1) is 7.11 Å².